The monoisotopic (exact) mass is 422 g/mol. The van der Waals surface area contributed by atoms with Crippen LogP contribution in [-0.2, 0) is 17.8 Å². The highest BCUT2D eigenvalue weighted by atomic mass is 35.5. The minimum absolute atomic E-state index is 0.183. The Balaban J connectivity index is 1.44. The molecule has 0 radical (unpaired) electrons. The highest BCUT2D eigenvalue weighted by Crippen LogP contribution is 2.16. The second kappa shape index (κ2) is 11.0. The maximum absolute atomic E-state index is 12.0. The summed E-state index contributed by atoms with van der Waals surface area (Å²) in [6.45, 7) is 2.99. The van der Waals surface area contributed by atoms with E-state index in [9.17, 15) is 4.79 Å². The van der Waals surface area contributed by atoms with E-state index < -0.39 is 0 Å². The molecule has 0 aliphatic rings. The van der Waals surface area contributed by atoms with Gasteiger partial charge in [0.15, 0.2) is 0 Å². The van der Waals surface area contributed by atoms with Crippen molar-refractivity contribution in [2.75, 3.05) is 6.61 Å². The number of ether oxygens (including phenoxy) is 2. The van der Waals surface area contributed by atoms with Crippen LogP contribution in [-0.4, -0.2) is 18.7 Å². The molecule has 0 bridgehead atoms. The summed E-state index contributed by atoms with van der Waals surface area (Å²) in [4.78, 5) is 12.0. The second-order valence-electron chi connectivity index (χ2n) is 6.53. The third kappa shape index (κ3) is 6.94. The molecule has 3 aromatic rings. The Morgan fingerprint density at radius 1 is 0.967 bits per heavy atom. The summed E-state index contributed by atoms with van der Waals surface area (Å²) < 4.78 is 11.1. The first-order chi connectivity index (χ1) is 14.6. The molecular formula is C24H23ClN2O3. The zero-order valence-corrected chi connectivity index (χ0v) is 17.4. The summed E-state index contributed by atoms with van der Waals surface area (Å²) >= 11 is 5.98. The lowest BCUT2D eigenvalue weighted by molar-refractivity contribution is -0.120. The lowest BCUT2D eigenvalue weighted by Crippen LogP contribution is -2.19. The number of benzene rings is 3. The molecule has 0 fully saturated rings. The Labute approximate surface area is 181 Å². The summed E-state index contributed by atoms with van der Waals surface area (Å²) in [6.07, 6.45) is 1.84. The Morgan fingerprint density at radius 3 is 2.37 bits per heavy atom. The third-order valence-corrected chi connectivity index (χ3v) is 4.41. The first-order valence-electron chi connectivity index (χ1n) is 9.63. The van der Waals surface area contributed by atoms with Crippen molar-refractivity contribution in [1.82, 2.24) is 5.43 Å². The van der Waals surface area contributed by atoms with Crippen molar-refractivity contribution < 1.29 is 14.3 Å². The van der Waals surface area contributed by atoms with Crippen LogP contribution in [0.5, 0.6) is 11.5 Å². The fourth-order valence-corrected chi connectivity index (χ4v) is 2.93. The molecule has 0 unspecified atom stereocenters. The first kappa shape index (κ1) is 21.4. The second-order valence-corrected chi connectivity index (χ2v) is 6.97. The molecule has 30 heavy (non-hydrogen) atoms. The zero-order chi connectivity index (χ0) is 21.2. The van der Waals surface area contributed by atoms with Crippen molar-refractivity contribution in [1.29, 1.82) is 0 Å². The van der Waals surface area contributed by atoms with Gasteiger partial charge in [0.25, 0.3) is 0 Å². The van der Waals surface area contributed by atoms with E-state index in [1.54, 1.807) is 6.21 Å². The van der Waals surface area contributed by atoms with Gasteiger partial charge in [-0.25, -0.2) is 5.43 Å². The summed E-state index contributed by atoms with van der Waals surface area (Å²) in [7, 11) is 0. The van der Waals surface area contributed by atoms with Gasteiger partial charge in [-0.2, -0.15) is 5.10 Å². The summed E-state index contributed by atoms with van der Waals surface area (Å²) in [5.74, 6) is 1.35. The number of hydrazone groups is 1. The molecule has 0 aromatic heterocycles. The van der Waals surface area contributed by atoms with Crippen molar-refractivity contribution in [2.24, 2.45) is 5.10 Å². The average Bonchev–Trinajstić information content (AvgIpc) is 2.75. The van der Waals surface area contributed by atoms with E-state index in [-0.39, 0.29) is 12.3 Å². The van der Waals surface area contributed by atoms with Gasteiger partial charge in [-0.05, 0) is 72.1 Å². The number of hydrogen-bond donors (Lipinski definition) is 1. The lowest BCUT2D eigenvalue weighted by Gasteiger charge is -2.07. The minimum atomic E-state index is -0.183. The molecule has 5 nitrogen and oxygen atoms in total. The Morgan fingerprint density at radius 2 is 1.67 bits per heavy atom. The van der Waals surface area contributed by atoms with Crippen molar-refractivity contribution in [2.45, 2.75) is 20.0 Å². The molecule has 3 rings (SSSR count). The standard InChI is InChI=1S/C24H23ClN2O3/c1-2-29-22-10-6-18(7-11-22)15-24(28)27-26-16-19-8-12-23(13-9-19)30-17-20-4-3-5-21(25)14-20/h3-14,16H,2,15,17H2,1H3,(H,27,28)/b26-16-. The van der Waals surface area contributed by atoms with Crippen molar-refractivity contribution in [3.8, 4) is 11.5 Å². The smallest absolute Gasteiger partial charge is 0.244 e. The van der Waals surface area contributed by atoms with Crippen LogP contribution in [0.4, 0.5) is 0 Å². The molecule has 3 aromatic carbocycles. The van der Waals surface area contributed by atoms with Gasteiger partial charge in [0, 0.05) is 5.02 Å². The number of nitrogens with one attached hydrogen (secondary N) is 1. The number of carbonyl (C=O) groups is 1. The van der Waals surface area contributed by atoms with E-state index in [1.807, 2.05) is 79.7 Å². The van der Waals surface area contributed by atoms with E-state index in [0.717, 1.165) is 28.2 Å². The van der Waals surface area contributed by atoms with Gasteiger partial charge in [-0.1, -0.05) is 35.9 Å². The Bertz CT molecular complexity index is 986. The predicted octanol–water partition coefficient (Wildman–Crippen LogP) is 5.01. The van der Waals surface area contributed by atoms with E-state index in [2.05, 4.69) is 10.5 Å². The van der Waals surface area contributed by atoms with Crippen LogP contribution in [0.1, 0.15) is 23.6 Å². The maximum Gasteiger partial charge on any atom is 0.244 e. The highest BCUT2D eigenvalue weighted by Gasteiger charge is 2.03. The van der Waals surface area contributed by atoms with Gasteiger partial charge in [-0.3, -0.25) is 4.79 Å². The van der Waals surface area contributed by atoms with Gasteiger partial charge in [0.2, 0.25) is 5.91 Å². The summed E-state index contributed by atoms with van der Waals surface area (Å²) in [5, 5.41) is 4.70. The molecule has 0 heterocycles. The van der Waals surface area contributed by atoms with Crippen LogP contribution in [0.25, 0.3) is 0 Å². The van der Waals surface area contributed by atoms with Crippen molar-refractivity contribution >= 4 is 23.7 Å². The predicted molar refractivity (Wildman–Crippen MR) is 119 cm³/mol. The van der Waals surface area contributed by atoms with Crippen molar-refractivity contribution in [3.63, 3.8) is 0 Å². The van der Waals surface area contributed by atoms with Gasteiger partial charge >= 0.3 is 0 Å². The molecule has 0 saturated carbocycles. The first-order valence-corrected chi connectivity index (χ1v) is 10.0. The van der Waals surface area contributed by atoms with E-state index in [4.69, 9.17) is 21.1 Å². The zero-order valence-electron chi connectivity index (χ0n) is 16.7. The maximum atomic E-state index is 12.0. The number of rotatable bonds is 9. The van der Waals surface area contributed by atoms with Gasteiger partial charge in [-0.15, -0.1) is 0 Å². The average molecular weight is 423 g/mol. The number of nitrogens with zero attached hydrogens (tertiary/aromatic N) is 1. The molecule has 154 valence electrons. The van der Waals surface area contributed by atoms with Crippen LogP contribution in [0.15, 0.2) is 77.9 Å². The van der Waals surface area contributed by atoms with Crippen LogP contribution in [0.3, 0.4) is 0 Å². The lowest BCUT2D eigenvalue weighted by atomic mass is 10.1. The molecule has 0 saturated heterocycles. The Hall–Kier alpha value is -3.31. The van der Waals surface area contributed by atoms with Crippen LogP contribution in [0, 0.1) is 0 Å². The number of hydrogen-bond acceptors (Lipinski definition) is 4. The molecule has 0 atom stereocenters. The fourth-order valence-electron chi connectivity index (χ4n) is 2.72. The molecule has 0 aliphatic heterocycles. The topological polar surface area (TPSA) is 59.9 Å². The largest absolute Gasteiger partial charge is 0.494 e. The molecular weight excluding hydrogens is 400 g/mol. The molecule has 1 amide bonds. The SMILES string of the molecule is CCOc1ccc(CC(=O)N/N=C\c2ccc(OCc3cccc(Cl)c3)cc2)cc1. The quantitative estimate of drug-likeness (QED) is 0.389. The van der Waals surface area contributed by atoms with Gasteiger partial charge < -0.3 is 9.47 Å². The number of amides is 1. The normalized spacial score (nSPS) is 10.7. The number of halogens is 1. The summed E-state index contributed by atoms with van der Waals surface area (Å²) in [5.41, 5.74) is 5.29. The fraction of sp³-hybridized carbons (Fsp3) is 0.167. The van der Waals surface area contributed by atoms with Crippen molar-refractivity contribution in [3.05, 3.63) is 94.5 Å². The molecule has 1 N–H and O–H groups in total. The van der Waals surface area contributed by atoms with E-state index >= 15 is 0 Å². The summed E-state index contributed by atoms with van der Waals surface area (Å²) in [6, 6.07) is 22.5. The Kier molecular flexibility index (Phi) is 7.86. The van der Waals surface area contributed by atoms with E-state index in [1.165, 1.54) is 0 Å². The van der Waals surface area contributed by atoms with Crippen LogP contribution < -0.4 is 14.9 Å². The molecule has 6 heteroatoms. The minimum Gasteiger partial charge on any atom is -0.494 e. The van der Waals surface area contributed by atoms with Gasteiger partial charge in [0.1, 0.15) is 18.1 Å². The highest BCUT2D eigenvalue weighted by molar-refractivity contribution is 6.30. The third-order valence-electron chi connectivity index (χ3n) is 4.18. The number of carbonyl (C=O) groups excluding carboxylic acids is 1. The molecule has 0 spiro atoms. The van der Waals surface area contributed by atoms with E-state index in [0.29, 0.717) is 18.2 Å². The van der Waals surface area contributed by atoms with Crippen LogP contribution >= 0.6 is 11.6 Å². The van der Waals surface area contributed by atoms with Crippen LogP contribution in [0.2, 0.25) is 5.02 Å². The molecule has 0 aliphatic carbocycles. The van der Waals surface area contributed by atoms with Gasteiger partial charge in [0.05, 0.1) is 19.2 Å².